The van der Waals surface area contributed by atoms with E-state index in [2.05, 4.69) is 36.7 Å². The van der Waals surface area contributed by atoms with Crippen molar-refractivity contribution in [1.29, 1.82) is 0 Å². The van der Waals surface area contributed by atoms with Gasteiger partial charge in [-0.3, -0.25) is 4.90 Å². The van der Waals surface area contributed by atoms with Gasteiger partial charge in [-0.15, -0.1) is 0 Å². The third-order valence-corrected chi connectivity index (χ3v) is 4.67. The zero-order valence-corrected chi connectivity index (χ0v) is 15.0. The normalized spacial score (nSPS) is 14.3. The Bertz CT molecular complexity index is 859. The van der Waals surface area contributed by atoms with E-state index >= 15 is 0 Å². The molecule has 0 radical (unpaired) electrons. The minimum atomic E-state index is 0.701. The third-order valence-electron chi connectivity index (χ3n) is 4.67. The lowest BCUT2D eigenvalue weighted by Crippen LogP contribution is -2.31. The maximum absolute atomic E-state index is 4.72. The lowest BCUT2D eigenvalue weighted by Gasteiger charge is -2.27. The summed E-state index contributed by atoms with van der Waals surface area (Å²) in [6.07, 6.45) is 13.2. The van der Waals surface area contributed by atoms with Gasteiger partial charge in [-0.1, -0.05) is 13.3 Å². The Balaban J connectivity index is 1.42. The predicted octanol–water partition coefficient (Wildman–Crippen LogP) is 2.56. The molecule has 0 aliphatic carbocycles. The number of fused-ring (bicyclic) bond motifs is 1. The van der Waals surface area contributed by atoms with E-state index in [1.165, 1.54) is 30.4 Å². The smallest absolute Gasteiger partial charge is 0.162 e. The molecule has 4 rings (SSSR count). The number of rotatable bonds is 6. The van der Waals surface area contributed by atoms with Crippen LogP contribution in [0.15, 0.2) is 31.1 Å². The van der Waals surface area contributed by atoms with Gasteiger partial charge in [-0.05, 0) is 6.42 Å². The van der Waals surface area contributed by atoms with Gasteiger partial charge < -0.3 is 4.98 Å². The van der Waals surface area contributed by atoms with Gasteiger partial charge in [-0.25, -0.2) is 24.9 Å². The van der Waals surface area contributed by atoms with Crippen LogP contribution < -0.4 is 0 Å². The summed E-state index contributed by atoms with van der Waals surface area (Å²) < 4.78 is 0. The fourth-order valence-corrected chi connectivity index (χ4v) is 3.26. The van der Waals surface area contributed by atoms with Crippen LogP contribution >= 0.6 is 0 Å². The maximum atomic E-state index is 4.72. The van der Waals surface area contributed by atoms with E-state index in [1.807, 2.05) is 12.4 Å². The van der Waals surface area contributed by atoms with Crippen molar-refractivity contribution in [1.82, 2.24) is 34.8 Å². The number of hydrogen-bond acceptors (Lipinski definition) is 6. The van der Waals surface area contributed by atoms with E-state index in [9.17, 15) is 0 Å². The Morgan fingerprint density at radius 3 is 2.85 bits per heavy atom. The van der Waals surface area contributed by atoms with Crippen molar-refractivity contribution < 1.29 is 0 Å². The molecule has 7 nitrogen and oxygen atoms in total. The van der Waals surface area contributed by atoms with Crippen molar-refractivity contribution in [3.05, 3.63) is 53.9 Å². The van der Waals surface area contributed by atoms with E-state index in [4.69, 9.17) is 4.98 Å². The Morgan fingerprint density at radius 2 is 2.00 bits per heavy atom. The molecule has 0 amide bonds. The zero-order valence-electron chi connectivity index (χ0n) is 15.0. The van der Waals surface area contributed by atoms with E-state index in [1.54, 1.807) is 12.4 Å². The average Bonchev–Trinajstić information content (AvgIpc) is 3.14. The number of H-pyrrole nitrogens is 1. The molecule has 3 aromatic rings. The number of nitrogens with zero attached hydrogens (tertiary/aromatic N) is 6. The van der Waals surface area contributed by atoms with Crippen LogP contribution in [0, 0.1) is 0 Å². The highest BCUT2D eigenvalue weighted by Crippen LogP contribution is 2.21. The van der Waals surface area contributed by atoms with E-state index in [-0.39, 0.29) is 0 Å². The topological polar surface area (TPSA) is 83.5 Å². The molecule has 134 valence electrons. The molecular weight excluding hydrogens is 326 g/mol. The summed E-state index contributed by atoms with van der Waals surface area (Å²) in [7, 11) is 0. The molecule has 3 aromatic heterocycles. The highest BCUT2D eigenvalue weighted by atomic mass is 15.1. The number of unbranched alkanes of at least 4 members (excludes halogenated alkanes) is 1. The van der Waals surface area contributed by atoms with Crippen molar-refractivity contribution in [2.24, 2.45) is 0 Å². The number of hydrogen-bond donors (Lipinski definition) is 1. The van der Waals surface area contributed by atoms with Gasteiger partial charge in [0.05, 0.1) is 11.3 Å². The molecule has 0 aromatic carbocycles. The highest BCUT2D eigenvalue weighted by molar-refractivity contribution is 5.52. The molecule has 0 atom stereocenters. The Morgan fingerprint density at radius 1 is 1.12 bits per heavy atom. The second-order valence-corrected chi connectivity index (χ2v) is 6.71. The van der Waals surface area contributed by atoms with E-state index in [0.29, 0.717) is 5.82 Å². The first-order valence-electron chi connectivity index (χ1n) is 9.17. The Hall–Kier alpha value is -2.67. The largest absolute Gasteiger partial charge is 0.345 e. The lowest BCUT2D eigenvalue weighted by atomic mass is 10.1. The molecule has 4 heterocycles. The molecule has 0 spiro atoms. The quantitative estimate of drug-likeness (QED) is 0.736. The second-order valence-electron chi connectivity index (χ2n) is 6.71. The van der Waals surface area contributed by atoms with Crippen molar-refractivity contribution >= 4 is 0 Å². The third kappa shape index (κ3) is 3.77. The van der Waals surface area contributed by atoms with Crippen molar-refractivity contribution in [2.45, 2.75) is 45.7 Å². The maximum Gasteiger partial charge on any atom is 0.162 e. The van der Waals surface area contributed by atoms with Crippen LogP contribution in [0.3, 0.4) is 0 Å². The molecule has 26 heavy (non-hydrogen) atoms. The number of aryl methyl sites for hydroxylation is 1. The van der Waals surface area contributed by atoms with Crippen LogP contribution in [0.2, 0.25) is 0 Å². The predicted molar refractivity (Wildman–Crippen MR) is 98.1 cm³/mol. The van der Waals surface area contributed by atoms with Crippen LogP contribution in [0.5, 0.6) is 0 Å². The zero-order chi connectivity index (χ0) is 17.8. The van der Waals surface area contributed by atoms with Crippen molar-refractivity contribution in [3.8, 4) is 11.4 Å². The fourth-order valence-electron chi connectivity index (χ4n) is 3.26. The van der Waals surface area contributed by atoms with Crippen LogP contribution in [0.25, 0.3) is 11.4 Å². The summed E-state index contributed by atoms with van der Waals surface area (Å²) in [5, 5.41) is 0. The Labute approximate surface area is 153 Å². The molecule has 1 aliphatic rings. The molecule has 0 fully saturated rings. The number of aromatic nitrogens is 6. The van der Waals surface area contributed by atoms with Crippen molar-refractivity contribution in [2.75, 3.05) is 6.54 Å². The molecule has 0 bridgehead atoms. The second kappa shape index (κ2) is 7.70. The highest BCUT2D eigenvalue weighted by Gasteiger charge is 2.19. The summed E-state index contributed by atoms with van der Waals surface area (Å²) in [4.78, 5) is 27.7. The average molecular weight is 349 g/mol. The fraction of sp³-hybridized carbons (Fsp3) is 0.421. The SMILES string of the molecule is CCCCc1ncc(CN2CCc3nc(-c4cncnc4)ncc3C2)[nH]1. The van der Waals surface area contributed by atoms with Crippen LogP contribution in [0.1, 0.15) is 42.5 Å². The Kier molecular flexibility index (Phi) is 4.97. The van der Waals surface area contributed by atoms with Crippen LogP contribution in [0.4, 0.5) is 0 Å². The van der Waals surface area contributed by atoms with Gasteiger partial charge >= 0.3 is 0 Å². The lowest BCUT2D eigenvalue weighted by molar-refractivity contribution is 0.240. The van der Waals surface area contributed by atoms with Gasteiger partial charge in [0.25, 0.3) is 0 Å². The standard InChI is InChI=1S/C19H23N7/c1-2-3-4-18-22-10-16(24-18)12-26-6-5-17-15(11-26)9-23-19(25-17)14-7-20-13-21-8-14/h7-10,13H,2-6,11-12H2,1H3,(H,22,24). The summed E-state index contributed by atoms with van der Waals surface area (Å²) in [6, 6.07) is 0. The van der Waals surface area contributed by atoms with E-state index < -0.39 is 0 Å². The molecular formula is C19H23N7. The molecule has 1 N–H and O–H groups in total. The molecule has 7 heteroatoms. The number of nitrogens with one attached hydrogen (secondary N) is 1. The van der Waals surface area contributed by atoms with Gasteiger partial charge in [0.15, 0.2) is 5.82 Å². The molecule has 0 unspecified atom stereocenters. The first kappa shape index (κ1) is 16.8. The first-order valence-corrected chi connectivity index (χ1v) is 9.17. The summed E-state index contributed by atoms with van der Waals surface area (Å²) in [5.74, 6) is 1.80. The summed E-state index contributed by atoms with van der Waals surface area (Å²) in [6.45, 7) is 4.93. The monoisotopic (exact) mass is 349 g/mol. The van der Waals surface area contributed by atoms with E-state index in [0.717, 1.165) is 49.6 Å². The molecule has 0 saturated carbocycles. The number of aromatic amines is 1. The minimum Gasteiger partial charge on any atom is -0.345 e. The first-order chi connectivity index (χ1) is 12.8. The van der Waals surface area contributed by atoms with Crippen molar-refractivity contribution in [3.63, 3.8) is 0 Å². The molecule has 1 aliphatic heterocycles. The molecule has 0 saturated heterocycles. The van der Waals surface area contributed by atoms with Gasteiger partial charge in [0.1, 0.15) is 12.2 Å². The van der Waals surface area contributed by atoms with Gasteiger partial charge in [0, 0.05) is 68.5 Å². The van der Waals surface area contributed by atoms with Gasteiger partial charge in [-0.2, -0.15) is 0 Å². The van der Waals surface area contributed by atoms with Crippen LogP contribution in [-0.4, -0.2) is 41.3 Å². The minimum absolute atomic E-state index is 0.701. The summed E-state index contributed by atoms with van der Waals surface area (Å²) >= 11 is 0. The van der Waals surface area contributed by atoms with Gasteiger partial charge in [0.2, 0.25) is 0 Å². The summed E-state index contributed by atoms with van der Waals surface area (Å²) in [5.41, 5.74) is 4.36. The van der Waals surface area contributed by atoms with Crippen LogP contribution in [-0.2, 0) is 25.9 Å². The number of imidazole rings is 1.